The molecule has 0 fully saturated rings. The Labute approximate surface area is 113 Å². The number of hydrogen-bond acceptors (Lipinski definition) is 4. The van der Waals surface area contributed by atoms with Crippen LogP contribution in [0.4, 0.5) is 0 Å². The van der Waals surface area contributed by atoms with E-state index in [2.05, 4.69) is 34.2 Å². The molecule has 0 aromatic heterocycles. The van der Waals surface area contributed by atoms with Gasteiger partial charge in [-0.15, -0.1) is 11.8 Å². The smallest absolute Gasteiger partial charge is 0.307 e. The van der Waals surface area contributed by atoms with Crippen LogP contribution in [0.2, 0.25) is 6.32 Å². The predicted molar refractivity (Wildman–Crippen MR) is 78.1 cm³/mol. The number of allylic oxidation sites excluding steroid dienone is 4. The molecule has 0 N–H and O–H groups in total. The van der Waals surface area contributed by atoms with Crippen molar-refractivity contribution in [2.24, 2.45) is 0 Å². The molecule has 18 heavy (non-hydrogen) atoms. The molecule has 1 aliphatic rings. The van der Waals surface area contributed by atoms with Gasteiger partial charge in [0.25, 0.3) is 0 Å². The highest BCUT2D eigenvalue weighted by molar-refractivity contribution is 8.04. The molecule has 3 nitrogen and oxygen atoms in total. The molecule has 0 saturated carbocycles. The summed E-state index contributed by atoms with van der Waals surface area (Å²) in [6, 6.07) is 0. The van der Waals surface area contributed by atoms with Crippen molar-refractivity contribution >= 4 is 25.6 Å². The molecule has 0 aromatic rings. The van der Waals surface area contributed by atoms with Crippen LogP contribution >= 0.6 is 11.8 Å². The maximum Gasteiger partial charge on any atom is 0.307 e. The van der Waals surface area contributed by atoms with Crippen molar-refractivity contribution < 1.29 is 9.53 Å². The summed E-state index contributed by atoms with van der Waals surface area (Å²) in [6.07, 6.45) is 9.44. The van der Waals surface area contributed by atoms with Gasteiger partial charge in [0.2, 0.25) is 7.41 Å². The van der Waals surface area contributed by atoms with E-state index in [1.807, 2.05) is 26.1 Å². The molecule has 0 amide bonds. The number of rotatable bonds is 5. The van der Waals surface area contributed by atoms with E-state index in [1.165, 1.54) is 0 Å². The van der Waals surface area contributed by atoms with Gasteiger partial charge < -0.3 is 9.55 Å². The topological polar surface area (TPSA) is 29.5 Å². The van der Waals surface area contributed by atoms with Gasteiger partial charge in [-0.1, -0.05) is 18.7 Å². The van der Waals surface area contributed by atoms with Gasteiger partial charge in [0.1, 0.15) is 6.11 Å². The van der Waals surface area contributed by atoms with E-state index < -0.39 is 0 Å². The molecule has 1 rings (SSSR count). The van der Waals surface area contributed by atoms with Gasteiger partial charge in [0.05, 0.1) is 4.91 Å². The highest BCUT2D eigenvalue weighted by atomic mass is 32.2. The van der Waals surface area contributed by atoms with Gasteiger partial charge in [-0.05, 0) is 38.0 Å². The Kier molecular flexibility index (Phi) is 6.23. The maximum absolute atomic E-state index is 9.97. The molecule has 0 spiro atoms. The van der Waals surface area contributed by atoms with Crippen LogP contribution in [0.5, 0.6) is 0 Å². The van der Waals surface area contributed by atoms with Crippen molar-refractivity contribution in [2.75, 3.05) is 7.05 Å². The van der Waals surface area contributed by atoms with Crippen LogP contribution in [-0.2, 0) is 9.53 Å². The first-order valence-electron chi connectivity index (χ1n) is 5.65. The average molecular weight is 261 g/mol. The van der Waals surface area contributed by atoms with E-state index in [9.17, 15) is 4.79 Å². The summed E-state index contributed by atoms with van der Waals surface area (Å²) in [5.41, 5.74) is 1.06. The second-order valence-electron chi connectivity index (χ2n) is 3.96. The molecule has 94 valence electrons. The van der Waals surface area contributed by atoms with Crippen molar-refractivity contribution in [3.63, 3.8) is 0 Å². The lowest BCUT2D eigenvalue weighted by atomic mass is 9.84. The highest BCUT2D eigenvalue weighted by Gasteiger charge is 2.13. The van der Waals surface area contributed by atoms with Crippen LogP contribution in [0, 0.1) is 12.0 Å². The fraction of sp³-hybridized carbons (Fsp3) is 0.308. The second kappa shape index (κ2) is 7.73. The van der Waals surface area contributed by atoms with Gasteiger partial charge in [-0.3, -0.25) is 4.79 Å². The molecular formula is C13H16BNO2S. The standard InChI is InChI=1S/C13H16BNO2S/c1-11(2)15(3)14-9-13-6-4-5-12(18-13)7-8-17-10-16/h4-6,10,13-14H,1,9H2,2-3H3. The Morgan fingerprint density at radius 3 is 3.22 bits per heavy atom. The zero-order valence-electron chi connectivity index (χ0n) is 10.7. The highest BCUT2D eigenvalue weighted by Crippen LogP contribution is 2.28. The van der Waals surface area contributed by atoms with Gasteiger partial charge in [0.15, 0.2) is 0 Å². The lowest BCUT2D eigenvalue weighted by molar-refractivity contribution is -0.122. The number of carbonyl (C=O) groups is 1. The van der Waals surface area contributed by atoms with Crippen LogP contribution in [0.3, 0.4) is 0 Å². The first-order valence-corrected chi connectivity index (χ1v) is 6.53. The maximum atomic E-state index is 9.97. The van der Waals surface area contributed by atoms with E-state index in [-0.39, 0.29) is 0 Å². The van der Waals surface area contributed by atoms with Crippen molar-refractivity contribution in [1.29, 1.82) is 0 Å². The fourth-order valence-corrected chi connectivity index (χ4v) is 2.33. The minimum Gasteiger partial charge on any atom is -0.425 e. The predicted octanol–water partition coefficient (Wildman–Crippen LogP) is 1.91. The Morgan fingerprint density at radius 1 is 1.78 bits per heavy atom. The molecule has 1 heterocycles. The van der Waals surface area contributed by atoms with E-state index in [1.54, 1.807) is 11.8 Å². The lowest BCUT2D eigenvalue weighted by Gasteiger charge is -2.21. The van der Waals surface area contributed by atoms with E-state index >= 15 is 0 Å². The molecule has 1 aliphatic heterocycles. The summed E-state index contributed by atoms with van der Waals surface area (Å²) >= 11 is 1.68. The summed E-state index contributed by atoms with van der Waals surface area (Å²) in [5.74, 6) is 2.80. The molecule has 0 bridgehead atoms. The molecule has 0 saturated heterocycles. The molecule has 0 radical (unpaired) electrons. The Hall–Kier alpha value is -1.54. The first kappa shape index (κ1) is 14.5. The summed E-state index contributed by atoms with van der Waals surface area (Å²) in [7, 11) is 3.00. The third-order valence-corrected chi connectivity index (χ3v) is 3.72. The summed E-state index contributed by atoms with van der Waals surface area (Å²) in [6.45, 7) is 6.23. The van der Waals surface area contributed by atoms with Crippen LogP contribution in [-0.4, -0.2) is 31.0 Å². The largest absolute Gasteiger partial charge is 0.425 e. The van der Waals surface area contributed by atoms with Gasteiger partial charge in [-0.2, -0.15) is 0 Å². The van der Waals surface area contributed by atoms with Gasteiger partial charge in [0, 0.05) is 5.25 Å². The van der Waals surface area contributed by atoms with Crippen LogP contribution < -0.4 is 0 Å². The Morgan fingerprint density at radius 2 is 2.56 bits per heavy atom. The molecule has 0 aliphatic carbocycles. The van der Waals surface area contributed by atoms with Crippen molar-refractivity contribution in [3.8, 4) is 12.0 Å². The number of ether oxygens (including phenoxy) is 1. The molecule has 1 atom stereocenters. The van der Waals surface area contributed by atoms with Crippen molar-refractivity contribution in [1.82, 2.24) is 4.81 Å². The summed E-state index contributed by atoms with van der Waals surface area (Å²) in [4.78, 5) is 13.0. The normalized spacial score (nSPS) is 17.0. The number of carbonyl (C=O) groups excluding carboxylic acids is 1. The van der Waals surface area contributed by atoms with Gasteiger partial charge in [-0.25, -0.2) is 0 Å². The summed E-state index contributed by atoms with van der Waals surface area (Å²) < 4.78 is 4.36. The van der Waals surface area contributed by atoms with Gasteiger partial charge >= 0.3 is 6.47 Å². The van der Waals surface area contributed by atoms with Crippen LogP contribution in [0.15, 0.2) is 35.4 Å². The summed E-state index contributed by atoms with van der Waals surface area (Å²) in [5, 5.41) is 0.400. The van der Waals surface area contributed by atoms with E-state index in [0.717, 1.165) is 24.3 Å². The number of thioether (sulfide) groups is 1. The quantitative estimate of drug-likeness (QED) is 0.429. The van der Waals surface area contributed by atoms with Crippen molar-refractivity contribution in [2.45, 2.75) is 18.5 Å². The molecule has 0 aromatic carbocycles. The van der Waals surface area contributed by atoms with E-state index in [4.69, 9.17) is 0 Å². The Balaban J connectivity index is 2.42. The third-order valence-electron chi connectivity index (χ3n) is 2.53. The molecule has 5 heteroatoms. The molecule has 1 unspecified atom stereocenters. The SMILES string of the molecule is C=C(C)N(C)BCC1C=CC=C(C#COC=O)S1. The third kappa shape index (κ3) is 5.20. The number of hydrogen-bond donors (Lipinski definition) is 0. The lowest BCUT2D eigenvalue weighted by Crippen LogP contribution is -2.23. The first-order chi connectivity index (χ1) is 8.63. The monoisotopic (exact) mass is 261 g/mol. The van der Waals surface area contributed by atoms with Crippen LogP contribution in [0.25, 0.3) is 0 Å². The Bertz CT molecular complexity index is 434. The second-order valence-corrected chi connectivity index (χ2v) is 5.24. The van der Waals surface area contributed by atoms with Crippen molar-refractivity contribution in [3.05, 3.63) is 35.4 Å². The minimum absolute atomic E-state index is 0.330. The van der Waals surface area contributed by atoms with E-state index in [0.29, 0.717) is 11.7 Å². The molecular weight excluding hydrogens is 245 g/mol. The zero-order valence-corrected chi connectivity index (χ0v) is 11.5. The zero-order chi connectivity index (χ0) is 13.4. The minimum atomic E-state index is 0.330. The van der Waals surface area contributed by atoms with Crippen LogP contribution in [0.1, 0.15) is 6.92 Å². The average Bonchev–Trinajstić information content (AvgIpc) is 2.36. The number of nitrogens with zero attached hydrogens (tertiary/aromatic N) is 1. The fourth-order valence-electron chi connectivity index (χ4n) is 1.35.